The molecule has 2 heterocycles. The summed E-state index contributed by atoms with van der Waals surface area (Å²) < 4.78 is 5.36. The van der Waals surface area contributed by atoms with E-state index in [0.717, 1.165) is 29.0 Å². The fourth-order valence-corrected chi connectivity index (χ4v) is 5.18. The highest BCUT2D eigenvalue weighted by atomic mass is 32.1. The van der Waals surface area contributed by atoms with Crippen LogP contribution in [-0.4, -0.2) is 47.7 Å². The first-order chi connectivity index (χ1) is 16.9. The van der Waals surface area contributed by atoms with E-state index in [9.17, 15) is 14.4 Å². The maximum absolute atomic E-state index is 13.1. The number of hydrogen-bond acceptors (Lipinski definition) is 6. The first kappa shape index (κ1) is 24.6. The zero-order valence-electron chi connectivity index (χ0n) is 20.0. The van der Waals surface area contributed by atoms with Gasteiger partial charge in [0.1, 0.15) is 17.2 Å². The highest BCUT2D eigenvalue weighted by molar-refractivity contribution is 7.10. The van der Waals surface area contributed by atoms with Gasteiger partial charge in [-0.2, -0.15) is 0 Å². The number of amides is 2. The van der Waals surface area contributed by atoms with Crippen LogP contribution < -0.4 is 10.1 Å². The zero-order valence-corrected chi connectivity index (χ0v) is 20.8. The van der Waals surface area contributed by atoms with E-state index in [-0.39, 0.29) is 29.9 Å². The van der Waals surface area contributed by atoms with Gasteiger partial charge in [-0.25, -0.2) is 4.98 Å². The Hall–Kier alpha value is -3.52. The van der Waals surface area contributed by atoms with Crippen LogP contribution in [0.25, 0.3) is 11.1 Å². The number of piperidine rings is 1. The van der Waals surface area contributed by atoms with Gasteiger partial charge in [-0.15, -0.1) is 11.3 Å². The molecule has 4 rings (SSSR count). The normalized spacial score (nSPS) is 13.9. The molecule has 0 atom stereocenters. The maximum Gasteiger partial charge on any atom is 0.275 e. The Morgan fingerprint density at radius 2 is 1.83 bits per heavy atom. The number of likely N-dealkylation sites (tertiary alicyclic amines) is 1. The smallest absolute Gasteiger partial charge is 0.275 e. The highest BCUT2D eigenvalue weighted by Crippen LogP contribution is 2.33. The Bertz CT molecular complexity index is 1200. The molecule has 0 bridgehead atoms. The van der Waals surface area contributed by atoms with E-state index in [4.69, 9.17) is 4.74 Å². The number of carbonyl (C=O) groups is 3. The van der Waals surface area contributed by atoms with Crippen molar-refractivity contribution in [2.45, 2.75) is 38.5 Å². The second-order valence-electron chi connectivity index (χ2n) is 8.66. The van der Waals surface area contributed by atoms with Crippen molar-refractivity contribution in [3.63, 3.8) is 0 Å². The van der Waals surface area contributed by atoms with E-state index in [2.05, 4.69) is 10.3 Å². The summed E-state index contributed by atoms with van der Waals surface area (Å²) in [6.45, 7) is 2.80. The number of nitrogens with zero attached hydrogens (tertiary/aromatic N) is 2. The molecule has 1 aliphatic heterocycles. The first-order valence-corrected chi connectivity index (χ1v) is 12.6. The monoisotopic (exact) mass is 491 g/mol. The van der Waals surface area contributed by atoms with E-state index in [1.165, 1.54) is 18.3 Å². The zero-order chi connectivity index (χ0) is 24.8. The molecule has 2 aromatic carbocycles. The lowest BCUT2D eigenvalue weighted by molar-refractivity contribution is -0.133. The van der Waals surface area contributed by atoms with E-state index >= 15 is 0 Å². The number of rotatable bonds is 8. The van der Waals surface area contributed by atoms with E-state index in [1.54, 1.807) is 12.5 Å². The number of carbonyl (C=O) groups excluding carboxylic acids is 3. The number of benzene rings is 2. The summed E-state index contributed by atoms with van der Waals surface area (Å²) in [5, 5.41) is 5.71. The van der Waals surface area contributed by atoms with Gasteiger partial charge in [0.25, 0.3) is 5.91 Å². The number of aromatic nitrogens is 1. The van der Waals surface area contributed by atoms with Gasteiger partial charge in [0, 0.05) is 48.9 Å². The van der Waals surface area contributed by atoms with Gasteiger partial charge in [0.2, 0.25) is 5.91 Å². The van der Waals surface area contributed by atoms with E-state index in [0.29, 0.717) is 36.6 Å². The van der Waals surface area contributed by atoms with Crippen LogP contribution >= 0.6 is 11.3 Å². The minimum Gasteiger partial charge on any atom is -0.497 e. The molecule has 0 radical (unpaired) electrons. The van der Waals surface area contributed by atoms with Crippen LogP contribution in [0.1, 0.15) is 54.0 Å². The molecule has 7 nitrogen and oxygen atoms in total. The van der Waals surface area contributed by atoms with Gasteiger partial charge in [0.05, 0.1) is 17.8 Å². The Labute approximate surface area is 209 Å². The van der Waals surface area contributed by atoms with Crippen LogP contribution in [0.15, 0.2) is 53.9 Å². The molecule has 0 aliphatic carbocycles. The van der Waals surface area contributed by atoms with Crippen LogP contribution in [0.2, 0.25) is 0 Å². The molecule has 1 saturated heterocycles. The Balaban J connectivity index is 1.42. The molecular formula is C27H29N3O4S. The molecule has 0 unspecified atom stereocenters. The molecule has 8 heteroatoms. The minimum absolute atomic E-state index is 0.0327. The number of thiazole rings is 1. The van der Waals surface area contributed by atoms with Crippen molar-refractivity contribution >= 4 is 34.6 Å². The average molecular weight is 492 g/mol. The van der Waals surface area contributed by atoms with Gasteiger partial charge in [0.15, 0.2) is 0 Å². The lowest BCUT2D eigenvalue weighted by atomic mass is 9.97. The lowest BCUT2D eigenvalue weighted by Crippen LogP contribution is -2.38. The second kappa shape index (κ2) is 11.3. The van der Waals surface area contributed by atoms with Crippen molar-refractivity contribution in [3.05, 3.63) is 64.6 Å². The summed E-state index contributed by atoms with van der Waals surface area (Å²) in [6.07, 6.45) is 2.17. The molecule has 0 saturated carbocycles. The summed E-state index contributed by atoms with van der Waals surface area (Å²) in [4.78, 5) is 43.0. The van der Waals surface area contributed by atoms with Crippen LogP contribution in [0.5, 0.6) is 5.75 Å². The fraction of sp³-hybridized carbons (Fsp3) is 0.333. The Kier molecular flexibility index (Phi) is 7.92. The second-order valence-corrected chi connectivity index (χ2v) is 9.55. The molecule has 3 aromatic rings. The lowest BCUT2D eigenvalue weighted by Gasteiger charge is -2.31. The predicted molar refractivity (Wildman–Crippen MR) is 137 cm³/mol. The van der Waals surface area contributed by atoms with Crippen LogP contribution in [0.3, 0.4) is 0 Å². The number of ether oxygens (including phenoxy) is 1. The van der Waals surface area contributed by atoms with Gasteiger partial charge < -0.3 is 19.7 Å². The fourth-order valence-electron chi connectivity index (χ4n) is 4.21. The number of anilines is 1. The predicted octanol–water partition coefficient (Wildman–Crippen LogP) is 5.15. The van der Waals surface area contributed by atoms with E-state index in [1.807, 2.05) is 53.4 Å². The molecule has 2 amide bonds. The Morgan fingerprint density at radius 3 is 2.51 bits per heavy atom. The van der Waals surface area contributed by atoms with Crippen LogP contribution in [0.4, 0.5) is 5.69 Å². The van der Waals surface area contributed by atoms with Gasteiger partial charge in [-0.1, -0.05) is 30.3 Å². The number of nitrogens with one attached hydrogen (secondary N) is 1. The SMILES string of the molecule is COc1ccc(-c2ccccc2)c(NC(=O)c2csc(C3CCN(C(=O)CCC(C)=O)CC3)n2)c1. The van der Waals surface area contributed by atoms with E-state index < -0.39 is 0 Å². The number of methoxy groups -OCH3 is 1. The summed E-state index contributed by atoms with van der Waals surface area (Å²) in [6, 6.07) is 15.5. The topological polar surface area (TPSA) is 88.6 Å². The highest BCUT2D eigenvalue weighted by Gasteiger charge is 2.26. The molecule has 1 aliphatic rings. The summed E-state index contributed by atoms with van der Waals surface area (Å²) >= 11 is 1.48. The van der Waals surface area contributed by atoms with Crippen LogP contribution in [-0.2, 0) is 9.59 Å². The third kappa shape index (κ3) is 6.14. The molecule has 0 spiro atoms. The molecule has 1 fully saturated rings. The first-order valence-electron chi connectivity index (χ1n) is 11.7. The minimum atomic E-state index is -0.269. The quantitative estimate of drug-likeness (QED) is 0.471. The third-order valence-electron chi connectivity index (χ3n) is 6.20. The van der Waals surface area contributed by atoms with Crippen molar-refractivity contribution in [1.82, 2.24) is 9.88 Å². The van der Waals surface area contributed by atoms with Crippen molar-refractivity contribution in [3.8, 4) is 16.9 Å². The summed E-state index contributed by atoms with van der Waals surface area (Å²) in [5.74, 6) is 0.672. The van der Waals surface area contributed by atoms with Crippen molar-refractivity contribution in [1.29, 1.82) is 0 Å². The van der Waals surface area contributed by atoms with Gasteiger partial charge >= 0.3 is 0 Å². The summed E-state index contributed by atoms with van der Waals surface area (Å²) in [5.41, 5.74) is 2.94. The number of Topliss-reactive ketones (excluding diaryl/α,β-unsaturated/α-hetero) is 1. The maximum atomic E-state index is 13.1. The Morgan fingerprint density at radius 1 is 1.09 bits per heavy atom. The van der Waals surface area contributed by atoms with Crippen LogP contribution in [0, 0.1) is 0 Å². The van der Waals surface area contributed by atoms with Crippen molar-refractivity contribution in [2.24, 2.45) is 0 Å². The molecular weight excluding hydrogens is 462 g/mol. The van der Waals surface area contributed by atoms with Crippen molar-refractivity contribution < 1.29 is 19.1 Å². The third-order valence-corrected chi connectivity index (χ3v) is 7.21. The van der Waals surface area contributed by atoms with Gasteiger partial charge in [-0.3, -0.25) is 9.59 Å². The molecule has 1 N–H and O–H groups in total. The molecule has 35 heavy (non-hydrogen) atoms. The standard InChI is InChI=1S/C27H29N3O4S/c1-18(31)8-11-25(32)30-14-12-20(13-15-30)27-29-24(17-35-27)26(33)28-23-16-21(34-2)9-10-22(23)19-6-4-3-5-7-19/h3-7,9-10,16-17,20H,8,11-15H2,1-2H3,(H,28,33). The summed E-state index contributed by atoms with van der Waals surface area (Å²) in [7, 11) is 1.60. The number of ketones is 1. The largest absolute Gasteiger partial charge is 0.497 e. The molecule has 182 valence electrons. The number of hydrogen-bond donors (Lipinski definition) is 1. The van der Waals surface area contributed by atoms with Gasteiger partial charge in [-0.05, 0) is 37.5 Å². The molecule has 1 aromatic heterocycles. The average Bonchev–Trinajstić information content (AvgIpc) is 3.38. The van der Waals surface area contributed by atoms with Crippen molar-refractivity contribution in [2.75, 3.05) is 25.5 Å².